The molecule has 0 spiro atoms. The Balaban J connectivity index is 1.51. The van der Waals surface area contributed by atoms with Crippen LogP contribution in [0.1, 0.15) is 21.5 Å². The zero-order valence-electron chi connectivity index (χ0n) is 16.2. The van der Waals surface area contributed by atoms with Crippen molar-refractivity contribution in [1.29, 1.82) is 0 Å². The van der Waals surface area contributed by atoms with Gasteiger partial charge in [-0.15, -0.1) is 0 Å². The van der Waals surface area contributed by atoms with Gasteiger partial charge < -0.3 is 15.4 Å². The molecule has 0 aliphatic rings. The van der Waals surface area contributed by atoms with Crippen LogP contribution >= 0.6 is 0 Å². The van der Waals surface area contributed by atoms with Crippen molar-refractivity contribution < 1.29 is 14.3 Å². The largest absolute Gasteiger partial charge is 0.371 e. The number of hydrogen-bond donors (Lipinski definition) is 2. The predicted molar refractivity (Wildman–Crippen MR) is 113 cm³/mol. The van der Waals surface area contributed by atoms with Gasteiger partial charge >= 0.3 is 0 Å². The fraction of sp³-hybridized carbons (Fsp3) is 0.174. The second-order valence-corrected chi connectivity index (χ2v) is 6.56. The molecule has 0 radical (unpaired) electrons. The highest BCUT2D eigenvalue weighted by Gasteiger charge is 2.09. The fourth-order valence-corrected chi connectivity index (χ4v) is 2.73. The molecule has 0 saturated carbocycles. The van der Waals surface area contributed by atoms with E-state index in [1.165, 1.54) is 5.56 Å². The van der Waals surface area contributed by atoms with Gasteiger partial charge in [-0.25, -0.2) is 0 Å². The summed E-state index contributed by atoms with van der Waals surface area (Å²) in [5.74, 6) is -0.475. The minimum Gasteiger partial charge on any atom is -0.371 e. The second-order valence-electron chi connectivity index (χ2n) is 6.56. The second kappa shape index (κ2) is 10.1. The van der Waals surface area contributed by atoms with Crippen LogP contribution in [0.2, 0.25) is 0 Å². The molecule has 0 unspecified atom stereocenters. The average molecular weight is 389 g/mol. The van der Waals surface area contributed by atoms with Gasteiger partial charge in [-0.1, -0.05) is 36.4 Å². The maximum atomic E-state index is 12.3. The number of ether oxygens (including phenoxy) is 1. The Morgan fingerprint density at radius 3 is 2.48 bits per heavy atom. The van der Waals surface area contributed by atoms with Gasteiger partial charge in [0.25, 0.3) is 5.91 Å². The Bertz CT molecular complexity index is 960. The smallest absolute Gasteiger partial charge is 0.255 e. The van der Waals surface area contributed by atoms with Crippen molar-refractivity contribution in [3.05, 3.63) is 89.7 Å². The van der Waals surface area contributed by atoms with Crippen LogP contribution in [0.25, 0.3) is 0 Å². The number of aryl methyl sites for hydroxylation is 1. The Labute approximate surface area is 169 Å². The number of amides is 2. The number of rotatable bonds is 8. The van der Waals surface area contributed by atoms with Crippen LogP contribution in [-0.2, 0) is 16.0 Å². The van der Waals surface area contributed by atoms with Crippen LogP contribution in [-0.4, -0.2) is 30.0 Å². The molecule has 1 heterocycles. The van der Waals surface area contributed by atoms with Crippen molar-refractivity contribution in [1.82, 2.24) is 4.98 Å². The normalized spacial score (nSPS) is 10.4. The van der Waals surface area contributed by atoms with Crippen molar-refractivity contribution in [3.63, 3.8) is 0 Å². The highest BCUT2D eigenvalue weighted by atomic mass is 16.5. The number of nitrogens with one attached hydrogen (secondary N) is 2. The number of hydrogen-bond acceptors (Lipinski definition) is 4. The molecule has 6 nitrogen and oxygen atoms in total. The van der Waals surface area contributed by atoms with Crippen molar-refractivity contribution in [2.45, 2.75) is 13.3 Å². The third kappa shape index (κ3) is 6.26. The van der Waals surface area contributed by atoms with E-state index in [9.17, 15) is 9.59 Å². The molecule has 3 aromatic rings. The number of carbonyl (C=O) groups is 2. The first kappa shape index (κ1) is 20.2. The van der Waals surface area contributed by atoms with Crippen molar-refractivity contribution >= 4 is 23.2 Å². The van der Waals surface area contributed by atoms with Crippen LogP contribution < -0.4 is 10.6 Å². The van der Waals surface area contributed by atoms with Gasteiger partial charge in [0.2, 0.25) is 5.91 Å². The van der Waals surface area contributed by atoms with E-state index in [-0.39, 0.29) is 18.4 Å². The minimum atomic E-state index is -0.242. The maximum Gasteiger partial charge on any atom is 0.255 e. The summed E-state index contributed by atoms with van der Waals surface area (Å²) in [5, 5.41) is 5.66. The van der Waals surface area contributed by atoms with Crippen LogP contribution in [0.15, 0.2) is 73.1 Å². The van der Waals surface area contributed by atoms with E-state index in [0.29, 0.717) is 23.5 Å². The highest BCUT2D eigenvalue weighted by Crippen LogP contribution is 2.21. The first-order valence-corrected chi connectivity index (χ1v) is 9.35. The van der Waals surface area contributed by atoms with E-state index >= 15 is 0 Å². The van der Waals surface area contributed by atoms with E-state index in [1.54, 1.807) is 36.7 Å². The molecule has 2 N–H and O–H groups in total. The topological polar surface area (TPSA) is 80.3 Å². The maximum absolute atomic E-state index is 12.3. The molecule has 2 amide bonds. The van der Waals surface area contributed by atoms with Crippen molar-refractivity contribution in [2.75, 3.05) is 23.8 Å². The lowest BCUT2D eigenvalue weighted by Crippen LogP contribution is -2.19. The summed E-state index contributed by atoms with van der Waals surface area (Å²) < 4.78 is 5.46. The SMILES string of the molecule is Cc1ccc(NC(=O)COCCc2ccccc2)cc1NC(=O)c1ccncc1. The third-order valence-electron chi connectivity index (χ3n) is 4.32. The summed E-state index contributed by atoms with van der Waals surface area (Å²) in [7, 11) is 0. The zero-order valence-corrected chi connectivity index (χ0v) is 16.2. The fourth-order valence-electron chi connectivity index (χ4n) is 2.73. The molecule has 0 saturated heterocycles. The molecular formula is C23H23N3O3. The lowest BCUT2D eigenvalue weighted by Gasteiger charge is -2.12. The number of carbonyl (C=O) groups excluding carboxylic acids is 2. The van der Waals surface area contributed by atoms with Crippen LogP contribution in [0, 0.1) is 6.92 Å². The van der Waals surface area contributed by atoms with E-state index in [0.717, 1.165) is 12.0 Å². The summed E-state index contributed by atoms with van der Waals surface area (Å²) in [6, 6.07) is 18.6. The number of anilines is 2. The van der Waals surface area contributed by atoms with Gasteiger partial charge in [-0.3, -0.25) is 14.6 Å². The van der Waals surface area contributed by atoms with Gasteiger partial charge in [-0.2, -0.15) is 0 Å². The molecule has 0 fully saturated rings. The first-order valence-electron chi connectivity index (χ1n) is 9.35. The van der Waals surface area contributed by atoms with Crippen molar-refractivity contribution in [3.8, 4) is 0 Å². The van der Waals surface area contributed by atoms with Crippen molar-refractivity contribution in [2.24, 2.45) is 0 Å². The summed E-state index contributed by atoms with van der Waals surface area (Å²) >= 11 is 0. The number of nitrogens with zero attached hydrogens (tertiary/aromatic N) is 1. The molecule has 1 aromatic heterocycles. The lowest BCUT2D eigenvalue weighted by molar-refractivity contribution is -0.120. The highest BCUT2D eigenvalue weighted by molar-refractivity contribution is 6.05. The summed E-state index contributed by atoms with van der Waals surface area (Å²) in [5.41, 5.74) is 3.80. The first-order chi connectivity index (χ1) is 14.1. The zero-order chi connectivity index (χ0) is 20.5. The lowest BCUT2D eigenvalue weighted by atomic mass is 10.1. The molecular weight excluding hydrogens is 366 g/mol. The molecule has 0 aliphatic carbocycles. The predicted octanol–water partition coefficient (Wildman–Crippen LogP) is 3.84. The molecule has 6 heteroatoms. The number of benzene rings is 2. The van der Waals surface area contributed by atoms with E-state index in [4.69, 9.17) is 4.74 Å². The number of aromatic nitrogens is 1. The standard InChI is InChI=1S/C23H23N3O3/c1-17-7-8-20(15-21(17)26-23(28)19-9-12-24-13-10-19)25-22(27)16-29-14-11-18-5-3-2-4-6-18/h2-10,12-13,15H,11,14,16H2,1H3,(H,25,27)(H,26,28). The average Bonchev–Trinajstić information content (AvgIpc) is 2.75. The Morgan fingerprint density at radius 2 is 1.72 bits per heavy atom. The van der Waals surface area contributed by atoms with Gasteiger partial charge in [0.05, 0.1) is 6.61 Å². The molecule has 29 heavy (non-hydrogen) atoms. The Morgan fingerprint density at radius 1 is 0.966 bits per heavy atom. The molecule has 148 valence electrons. The molecule has 0 atom stereocenters. The van der Waals surface area contributed by atoms with Gasteiger partial charge in [-0.05, 0) is 48.7 Å². The van der Waals surface area contributed by atoms with Gasteiger partial charge in [0.1, 0.15) is 6.61 Å². The van der Waals surface area contributed by atoms with E-state index in [2.05, 4.69) is 15.6 Å². The van der Waals surface area contributed by atoms with Gasteiger partial charge in [0, 0.05) is 29.3 Å². The van der Waals surface area contributed by atoms with Crippen LogP contribution in [0.3, 0.4) is 0 Å². The third-order valence-corrected chi connectivity index (χ3v) is 4.32. The minimum absolute atomic E-state index is 0.0284. The summed E-state index contributed by atoms with van der Waals surface area (Å²) in [6.45, 7) is 2.33. The van der Waals surface area contributed by atoms with Gasteiger partial charge in [0.15, 0.2) is 0 Å². The summed E-state index contributed by atoms with van der Waals surface area (Å²) in [4.78, 5) is 28.4. The summed E-state index contributed by atoms with van der Waals surface area (Å²) in [6.07, 6.45) is 3.89. The molecule has 0 bridgehead atoms. The van der Waals surface area contributed by atoms with Crippen LogP contribution in [0.4, 0.5) is 11.4 Å². The number of pyridine rings is 1. The van der Waals surface area contributed by atoms with Crippen LogP contribution in [0.5, 0.6) is 0 Å². The van der Waals surface area contributed by atoms with E-state index in [1.807, 2.05) is 43.3 Å². The molecule has 2 aromatic carbocycles. The molecule has 3 rings (SSSR count). The quantitative estimate of drug-likeness (QED) is 0.574. The monoisotopic (exact) mass is 389 g/mol. The van der Waals surface area contributed by atoms with E-state index < -0.39 is 0 Å². The molecule has 0 aliphatic heterocycles. The Hall–Kier alpha value is -3.51. The Kier molecular flexibility index (Phi) is 7.08.